The fourth-order valence-corrected chi connectivity index (χ4v) is 5.36. The van der Waals surface area contributed by atoms with Gasteiger partial charge in [0.1, 0.15) is 23.6 Å². The molecule has 5 unspecified atom stereocenters. The molecule has 2 aliphatic rings. The number of nitrogens with zero attached hydrogens (tertiary/aromatic N) is 2. The lowest BCUT2D eigenvalue weighted by molar-refractivity contribution is -0.152. The predicted octanol–water partition coefficient (Wildman–Crippen LogP) is 2.32. The largest absolute Gasteiger partial charge is 0.481 e. The van der Waals surface area contributed by atoms with Crippen LogP contribution in [0.1, 0.15) is 70.7 Å². The SMILES string of the molecule is CC(NC(=O)C(O)C(C)C)C(=O)N1CCCC(C(=O)NC(C)c2ccc3ccc(C=CC4(C(=O)O)CCCOC4)cc3n2)N1. The molecule has 0 bridgehead atoms. The number of hydrogen-bond acceptors (Lipinski definition) is 8. The van der Waals surface area contributed by atoms with Crippen molar-refractivity contribution in [2.24, 2.45) is 11.3 Å². The van der Waals surface area contributed by atoms with Gasteiger partial charge in [-0.2, -0.15) is 0 Å². The van der Waals surface area contributed by atoms with Crippen molar-refractivity contribution in [3.63, 3.8) is 0 Å². The molecular weight excluding hydrogens is 566 g/mol. The molecule has 5 atom stereocenters. The molecule has 0 spiro atoms. The van der Waals surface area contributed by atoms with Gasteiger partial charge in [-0.15, -0.1) is 0 Å². The number of fused-ring (bicyclic) bond motifs is 1. The first-order valence-electron chi connectivity index (χ1n) is 15.2. The van der Waals surface area contributed by atoms with E-state index in [4.69, 9.17) is 9.72 Å². The summed E-state index contributed by atoms with van der Waals surface area (Å²) in [5, 5.41) is 27.6. The minimum atomic E-state index is -1.22. The number of aromatic nitrogens is 1. The van der Waals surface area contributed by atoms with Crippen molar-refractivity contribution in [2.45, 2.75) is 77.6 Å². The van der Waals surface area contributed by atoms with Gasteiger partial charge in [0, 0.05) is 18.5 Å². The van der Waals surface area contributed by atoms with E-state index < -0.39 is 47.4 Å². The average Bonchev–Trinajstić information content (AvgIpc) is 3.02. The number of amides is 3. The molecule has 1 aromatic heterocycles. The van der Waals surface area contributed by atoms with Gasteiger partial charge in [-0.3, -0.25) is 29.2 Å². The Morgan fingerprint density at radius 2 is 1.86 bits per heavy atom. The fourth-order valence-electron chi connectivity index (χ4n) is 5.36. The van der Waals surface area contributed by atoms with Gasteiger partial charge < -0.3 is 25.6 Å². The maximum Gasteiger partial charge on any atom is 0.315 e. The third-order valence-electron chi connectivity index (χ3n) is 8.23. The number of carboxylic acids is 1. The Morgan fingerprint density at radius 1 is 1.11 bits per heavy atom. The number of carboxylic acid groups (broad SMARTS) is 1. The summed E-state index contributed by atoms with van der Waals surface area (Å²) in [5.74, 6) is -2.48. The number of aliphatic carboxylic acids is 1. The summed E-state index contributed by atoms with van der Waals surface area (Å²) in [5.41, 5.74) is 4.11. The Kier molecular flexibility index (Phi) is 10.7. The van der Waals surface area contributed by atoms with Crippen molar-refractivity contribution < 1.29 is 34.1 Å². The van der Waals surface area contributed by atoms with Gasteiger partial charge in [0.2, 0.25) is 11.8 Å². The summed E-state index contributed by atoms with van der Waals surface area (Å²) in [6.07, 6.45) is 4.62. The number of nitrogens with one attached hydrogen (secondary N) is 3. The fraction of sp³-hybridized carbons (Fsp3) is 0.531. The molecule has 12 nitrogen and oxygen atoms in total. The smallest absolute Gasteiger partial charge is 0.315 e. The van der Waals surface area contributed by atoms with E-state index in [1.165, 1.54) is 5.01 Å². The van der Waals surface area contributed by atoms with Crippen LogP contribution in [0.25, 0.3) is 17.0 Å². The molecule has 238 valence electrons. The predicted molar refractivity (Wildman–Crippen MR) is 164 cm³/mol. The summed E-state index contributed by atoms with van der Waals surface area (Å²) in [6, 6.07) is 7.53. The highest BCUT2D eigenvalue weighted by atomic mass is 16.5. The number of benzene rings is 1. The van der Waals surface area contributed by atoms with Crippen LogP contribution < -0.4 is 16.1 Å². The topological polar surface area (TPSA) is 170 Å². The Hall–Kier alpha value is -3.87. The molecule has 3 heterocycles. The minimum Gasteiger partial charge on any atom is -0.481 e. The molecule has 44 heavy (non-hydrogen) atoms. The van der Waals surface area contributed by atoms with E-state index in [0.717, 1.165) is 10.9 Å². The van der Waals surface area contributed by atoms with Gasteiger partial charge in [0.15, 0.2) is 0 Å². The van der Waals surface area contributed by atoms with E-state index in [1.807, 2.05) is 37.3 Å². The molecule has 3 amide bonds. The zero-order valence-electron chi connectivity index (χ0n) is 25.7. The zero-order valence-corrected chi connectivity index (χ0v) is 25.7. The van der Waals surface area contributed by atoms with E-state index in [2.05, 4.69) is 16.1 Å². The first-order chi connectivity index (χ1) is 20.9. The van der Waals surface area contributed by atoms with E-state index >= 15 is 0 Å². The maximum atomic E-state index is 13.2. The second-order valence-corrected chi connectivity index (χ2v) is 12.1. The van der Waals surface area contributed by atoms with Crippen LogP contribution in [0.4, 0.5) is 0 Å². The van der Waals surface area contributed by atoms with Gasteiger partial charge in [0.25, 0.3) is 5.91 Å². The van der Waals surface area contributed by atoms with Gasteiger partial charge in [-0.1, -0.05) is 44.2 Å². The molecule has 5 N–H and O–H groups in total. The average molecular weight is 610 g/mol. The van der Waals surface area contributed by atoms with E-state index in [0.29, 0.717) is 50.0 Å². The third-order valence-corrected chi connectivity index (χ3v) is 8.23. The first-order valence-corrected chi connectivity index (χ1v) is 15.2. The van der Waals surface area contributed by atoms with Crippen molar-refractivity contribution >= 4 is 40.7 Å². The van der Waals surface area contributed by atoms with E-state index in [9.17, 15) is 29.4 Å². The Balaban J connectivity index is 1.39. The monoisotopic (exact) mass is 609 g/mol. The van der Waals surface area contributed by atoms with Gasteiger partial charge in [-0.05, 0) is 63.1 Å². The second-order valence-electron chi connectivity index (χ2n) is 12.1. The number of aliphatic hydroxyl groups is 1. The molecule has 2 aromatic rings. The van der Waals surface area contributed by atoms with Crippen LogP contribution in [0.5, 0.6) is 0 Å². The van der Waals surface area contributed by atoms with Crippen molar-refractivity contribution in [1.29, 1.82) is 0 Å². The molecule has 0 saturated carbocycles. The number of carbonyl (C=O) groups is 4. The van der Waals surface area contributed by atoms with Crippen LogP contribution in [0.15, 0.2) is 36.4 Å². The second kappa shape index (κ2) is 14.3. The summed E-state index contributed by atoms with van der Waals surface area (Å²) >= 11 is 0. The van der Waals surface area contributed by atoms with Crippen molar-refractivity contribution in [1.82, 2.24) is 26.1 Å². The van der Waals surface area contributed by atoms with Crippen molar-refractivity contribution in [3.8, 4) is 0 Å². The minimum absolute atomic E-state index is 0.145. The van der Waals surface area contributed by atoms with Gasteiger partial charge >= 0.3 is 5.97 Å². The van der Waals surface area contributed by atoms with Crippen molar-refractivity contribution in [3.05, 3.63) is 47.7 Å². The molecular formula is C32H43N5O7. The Bertz CT molecular complexity index is 1400. The normalized spacial score (nSPS) is 22.9. The van der Waals surface area contributed by atoms with Crippen LogP contribution in [-0.4, -0.2) is 81.8 Å². The maximum absolute atomic E-state index is 13.2. The number of aliphatic hydroxyl groups excluding tert-OH is 1. The van der Waals surface area contributed by atoms with Crippen LogP contribution >= 0.6 is 0 Å². The van der Waals surface area contributed by atoms with E-state index in [-0.39, 0.29) is 18.4 Å². The third kappa shape index (κ3) is 7.79. The first kappa shape index (κ1) is 33.0. The summed E-state index contributed by atoms with van der Waals surface area (Å²) in [4.78, 5) is 55.1. The zero-order chi connectivity index (χ0) is 32.0. The van der Waals surface area contributed by atoms with Gasteiger partial charge in [-0.25, -0.2) is 5.43 Å². The number of pyridine rings is 1. The molecule has 0 radical (unpaired) electrons. The summed E-state index contributed by atoms with van der Waals surface area (Å²) in [7, 11) is 0. The molecule has 0 aliphatic carbocycles. The lowest BCUT2D eigenvalue weighted by Crippen LogP contribution is -2.61. The molecule has 2 aliphatic heterocycles. The molecule has 12 heteroatoms. The number of hydrazine groups is 1. The van der Waals surface area contributed by atoms with Crippen molar-refractivity contribution in [2.75, 3.05) is 19.8 Å². The van der Waals surface area contributed by atoms with Crippen LogP contribution in [0.3, 0.4) is 0 Å². The number of ether oxygens (including phenoxy) is 1. The standard InChI is InChI=1S/C32H43N5O7/c1-19(2)27(38)29(40)34-21(4)30(41)37-15-5-7-25(36-37)28(39)33-20(3)24-11-10-23-9-8-22(17-26(23)35-24)12-14-32(31(42)43)13-6-16-44-18-32/h8-12,14,17,19-21,25,27,36,38H,5-7,13,15-16,18H2,1-4H3,(H,33,39)(H,34,40)(H,42,43). The Morgan fingerprint density at radius 3 is 2.55 bits per heavy atom. The summed E-state index contributed by atoms with van der Waals surface area (Å²) in [6.45, 7) is 7.89. The van der Waals surface area contributed by atoms with E-state index in [1.54, 1.807) is 32.9 Å². The quantitative estimate of drug-likeness (QED) is 0.271. The number of rotatable bonds is 10. The van der Waals surface area contributed by atoms with Gasteiger partial charge in [0.05, 0.1) is 23.9 Å². The van der Waals surface area contributed by atoms with Crippen LogP contribution in [-0.2, 0) is 23.9 Å². The van der Waals surface area contributed by atoms with Crippen LogP contribution in [0, 0.1) is 11.3 Å². The number of hydrogen-bond donors (Lipinski definition) is 5. The Labute approximate surface area is 257 Å². The lowest BCUT2D eigenvalue weighted by atomic mass is 9.82. The molecule has 1 aromatic carbocycles. The number of carbonyl (C=O) groups excluding carboxylic acids is 3. The van der Waals surface area contributed by atoms with Crippen LogP contribution in [0.2, 0.25) is 0 Å². The lowest BCUT2D eigenvalue weighted by Gasteiger charge is -2.35. The summed E-state index contributed by atoms with van der Waals surface area (Å²) < 4.78 is 5.45. The molecule has 2 saturated heterocycles. The highest BCUT2D eigenvalue weighted by Gasteiger charge is 2.38. The molecule has 2 fully saturated rings. The highest BCUT2D eigenvalue weighted by Crippen LogP contribution is 2.32. The highest BCUT2D eigenvalue weighted by molar-refractivity contribution is 5.90. The molecule has 4 rings (SSSR count).